The molecule has 7 heteroatoms. The van der Waals surface area contributed by atoms with Crippen LogP contribution in [0.2, 0.25) is 0 Å². The lowest BCUT2D eigenvalue weighted by Gasteiger charge is -2.33. The highest BCUT2D eigenvalue weighted by Gasteiger charge is 2.34. The van der Waals surface area contributed by atoms with Gasteiger partial charge in [-0.2, -0.15) is 0 Å². The second-order valence-electron chi connectivity index (χ2n) is 3.10. The molecule has 0 heterocycles. The Balaban J connectivity index is 2.23. The van der Waals surface area contributed by atoms with Gasteiger partial charge in [0.1, 0.15) is 6.10 Å². The first kappa shape index (κ1) is 10.6. The fourth-order valence-electron chi connectivity index (χ4n) is 1.35. The van der Waals surface area contributed by atoms with Gasteiger partial charge in [0, 0.05) is 10.7 Å². The van der Waals surface area contributed by atoms with E-state index in [0.717, 1.165) is 0 Å². The van der Waals surface area contributed by atoms with E-state index in [1.807, 2.05) is 0 Å². The average Bonchev–Trinajstić information content (AvgIpc) is 1.78. The first-order valence-electron chi connectivity index (χ1n) is 3.75. The van der Waals surface area contributed by atoms with Crippen LogP contribution in [0.15, 0.2) is 0 Å². The minimum absolute atomic E-state index is 0.00755. The smallest absolute Gasteiger partial charge is 0.404 e. The van der Waals surface area contributed by atoms with Gasteiger partial charge >= 0.3 is 6.09 Å². The lowest BCUT2D eigenvalue weighted by molar-refractivity contribution is 0.0296. The van der Waals surface area contributed by atoms with Crippen molar-refractivity contribution in [1.29, 1.82) is 0 Å². The Morgan fingerprint density at radius 1 is 1.54 bits per heavy atom. The number of halogens is 1. The van der Waals surface area contributed by atoms with Crippen molar-refractivity contribution in [2.45, 2.75) is 18.9 Å². The highest BCUT2D eigenvalue weighted by molar-refractivity contribution is 8.13. The molecule has 0 unspecified atom stereocenters. The molecule has 0 aromatic rings. The summed E-state index contributed by atoms with van der Waals surface area (Å²) in [5, 5.41) is 0. The van der Waals surface area contributed by atoms with Crippen LogP contribution in [0.5, 0.6) is 0 Å². The summed E-state index contributed by atoms with van der Waals surface area (Å²) in [6, 6.07) is 0. The highest BCUT2D eigenvalue weighted by atomic mass is 35.7. The fourth-order valence-corrected chi connectivity index (χ4v) is 2.72. The molecule has 0 aromatic heterocycles. The molecule has 1 aliphatic rings. The van der Waals surface area contributed by atoms with Gasteiger partial charge in [0.25, 0.3) is 0 Å². The van der Waals surface area contributed by atoms with E-state index >= 15 is 0 Å². The number of ether oxygens (including phenoxy) is 1. The number of primary amides is 1. The van der Waals surface area contributed by atoms with Gasteiger partial charge in [-0.05, 0) is 18.8 Å². The van der Waals surface area contributed by atoms with Gasteiger partial charge in [-0.15, -0.1) is 0 Å². The Hall–Kier alpha value is -0.490. The molecule has 13 heavy (non-hydrogen) atoms. The molecule has 0 bridgehead atoms. The minimum atomic E-state index is -3.44. The summed E-state index contributed by atoms with van der Waals surface area (Å²) in [4.78, 5) is 10.3. The Kier molecular flexibility index (Phi) is 3.02. The molecule has 0 aliphatic heterocycles. The van der Waals surface area contributed by atoms with E-state index in [4.69, 9.17) is 16.4 Å². The van der Waals surface area contributed by atoms with Crippen LogP contribution in [0.3, 0.4) is 0 Å². The van der Waals surface area contributed by atoms with Crippen LogP contribution in [0.25, 0.3) is 0 Å². The number of carbonyl (C=O) groups is 1. The molecule has 0 saturated heterocycles. The number of amides is 1. The summed E-state index contributed by atoms with van der Waals surface area (Å²) >= 11 is 0. The molecular weight excluding hydrogens is 218 g/mol. The van der Waals surface area contributed by atoms with Crippen LogP contribution in [-0.2, 0) is 13.8 Å². The van der Waals surface area contributed by atoms with Crippen molar-refractivity contribution >= 4 is 25.8 Å². The van der Waals surface area contributed by atoms with Crippen molar-refractivity contribution in [2.24, 2.45) is 11.7 Å². The predicted octanol–water partition coefficient (Wildman–Crippen LogP) is 0.429. The fraction of sp³-hybridized carbons (Fsp3) is 0.833. The van der Waals surface area contributed by atoms with E-state index in [0.29, 0.717) is 12.8 Å². The molecule has 1 fully saturated rings. The van der Waals surface area contributed by atoms with Crippen LogP contribution in [-0.4, -0.2) is 26.4 Å². The van der Waals surface area contributed by atoms with E-state index in [1.54, 1.807) is 0 Å². The molecule has 1 rings (SSSR count). The van der Waals surface area contributed by atoms with Crippen molar-refractivity contribution < 1.29 is 17.9 Å². The van der Waals surface area contributed by atoms with Crippen molar-refractivity contribution in [3.05, 3.63) is 0 Å². The summed E-state index contributed by atoms with van der Waals surface area (Å²) in [5.41, 5.74) is 4.77. The maximum Gasteiger partial charge on any atom is 0.404 e. The summed E-state index contributed by atoms with van der Waals surface area (Å²) in [7, 11) is 1.60. The third-order valence-corrected chi connectivity index (χ3v) is 3.16. The highest BCUT2D eigenvalue weighted by Crippen LogP contribution is 2.31. The summed E-state index contributed by atoms with van der Waals surface area (Å²) in [6.45, 7) is 0. The van der Waals surface area contributed by atoms with E-state index in [-0.39, 0.29) is 17.8 Å². The zero-order valence-electron chi connectivity index (χ0n) is 6.77. The molecule has 0 spiro atoms. The lowest BCUT2D eigenvalue weighted by Crippen LogP contribution is -2.37. The van der Waals surface area contributed by atoms with E-state index in [2.05, 4.69) is 4.74 Å². The lowest BCUT2D eigenvalue weighted by atomic mass is 9.84. The van der Waals surface area contributed by atoms with Crippen molar-refractivity contribution in [1.82, 2.24) is 0 Å². The maximum absolute atomic E-state index is 10.6. The van der Waals surface area contributed by atoms with E-state index in [9.17, 15) is 13.2 Å². The van der Waals surface area contributed by atoms with E-state index in [1.165, 1.54) is 0 Å². The number of rotatable bonds is 3. The van der Waals surface area contributed by atoms with Crippen molar-refractivity contribution in [3.63, 3.8) is 0 Å². The number of carbonyl (C=O) groups excluding carboxylic acids is 1. The summed E-state index contributed by atoms with van der Waals surface area (Å²) in [5.74, 6) is -0.0699. The van der Waals surface area contributed by atoms with Crippen LogP contribution < -0.4 is 5.73 Å². The normalized spacial score (nSPS) is 27.8. The van der Waals surface area contributed by atoms with Gasteiger partial charge in [0.05, 0.1) is 5.75 Å². The first-order valence-corrected chi connectivity index (χ1v) is 6.23. The van der Waals surface area contributed by atoms with Crippen LogP contribution in [0.4, 0.5) is 4.79 Å². The van der Waals surface area contributed by atoms with Crippen molar-refractivity contribution in [3.8, 4) is 0 Å². The molecule has 2 N–H and O–H groups in total. The zero-order chi connectivity index (χ0) is 10.1. The third kappa shape index (κ3) is 3.82. The number of nitrogens with two attached hydrogens (primary N) is 1. The van der Waals surface area contributed by atoms with Gasteiger partial charge in [-0.1, -0.05) is 0 Å². The Labute approximate surface area is 80.6 Å². The zero-order valence-corrected chi connectivity index (χ0v) is 8.35. The van der Waals surface area contributed by atoms with Gasteiger partial charge < -0.3 is 10.5 Å². The average molecular weight is 228 g/mol. The molecule has 0 atom stereocenters. The Morgan fingerprint density at radius 3 is 2.46 bits per heavy atom. The monoisotopic (exact) mass is 227 g/mol. The predicted molar refractivity (Wildman–Crippen MR) is 46.8 cm³/mol. The van der Waals surface area contributed by atoms with E-state index < -0.39 is 15.1 Å². The van der Waals surface area contributed by atoms with Gasteiger partial charge in [-0.25, -0.2) is 13.2 Å². The SMILES string of the molecule is NC(=O)O[C@H]1C[C@@H](CS(=O)(=O)Cl)C1. The van der Waals surface area contributed by atoms with Crippen LogP contribution >= 0.6 is 10.7 Å². The molecule has 0 aromatic carbocycles. The molecule has 1 saturated carbocycles. The second kappa shape index (κ2) is 3.71. The summed E-state index contributed by atoms with van der Waals surface area (Å²) in [6.07, 6.45) is -0.0119. The van der Waals surface area contributed by atoms with Crippen molar-refractivity contribution in [2.75, 3.05) is 5.75 Å². The molecule has 1 aliphatic carbocycles. The molecule has 0 radical (unpaired) electrons. The molecular formula is C6H10ClNO4S. The summed E-state index contributed by atoms with van der Waals surface area (Å²) < 4.78 is 25.8. The molecule has 1 amide bonds. The number of hydrogen-bond donors (Lipinski definition) is 1. The van der Waals surface area contributed by atoms with Crippen LogP contribution in [0, 0.1) is 5.92 Å². The van der Waals surface area contributed by atoms with Gasteiger partial charge in [0.2, 0.25) is 9.05 Å². The third-order valence-electron chi connectivity index (χ3n) is 1.91. The number of hydrogen-bond acceptors (Lipinski definition) is 4. The quantitative estimate of drug-likeness (QED) is 0.709. The largest absolute Gasteiger partial charge is 0.446 e. The Bertz CT molecular complexity index is 296. The molecule has 76 valence electrons. The Morgan fingerprint density at radius 2 is 2.08 bits per heavy atom. The standard InChI is InChI=1S/C6H10ClNO4S/c7-13(10,11)3-4-1-5(2-4)12-6(8)9/h4-5H,1-3H2,(H2,8,9)/t4-,5+. The first-order chi connectivity index (χ1) is 5.87. The topological polar surface area (TPSA) is 86.5 Å². The maximum atomic E-state index is 10.6. The van der Waals surface area contributed by atoms with Gasteiger partial charge in [-0.3, -0.25) is 0 Å². The van der Waals surface area contributed by atoms with Gasteiger partial charge in [0.15, 0.2) is 0 Å². The molecule has 5 nitrogen and oxygen atoms in total. The van der Waals surface area contributed by atoms with Crippen LogP contribution in [0.1, 0.15) is 12.8 Å². The minimum Gasteiger partial charge on any atom is -0.446 e. The second-order valence-corrected chi connectivity index (χ2v) is 5.92.